The molecule has 212 valence electrons. The first-order chi connectivity index (χ1) is 19.1. The van der Waals surface area contributed by atoms with E-state index in [4.69, 9.17) is 9.47 Å². The van der Waals surface area contributed by atoms with Gasteiger partial charge in [0, 0.05) is 37.9 Å². The van der Waals surface area contributed by atoms with Gasteiger partial charge in [-0.05, 0) is 61.9 Å². The number of ether oxygens (including phenoxy) is 2. The summed E-state index contributed by atoms with van der Waals surface area (Å²) in [4.78, 5) is 26.8. The molecule has 2 saturated heterocycles. The van der Waals surface area contributed by atoms with Gasteiger partial charge in [0.05, 0.1) is 30.0 Å². The molecule has 1 N–H and O–H groups in total. The van der Waals surface area contributed by atoms with Crippen molar-refractivity contribution in [1.29, 1.82) is 0 Å². The van der Waals surface area contributed by atoms with Gasteiger partial charge in [0.2, 0.25) is 15.5 Å². The fourth-order valence-electron chi connectivity index (χ4n) is 6.23. The molecule has 0 amide bonds. The van der Waals surface area contributed by atoms with Crippen LogP contribution in [0.15, 0.2) is 46.2 Å². The zero-order valence-corrected chi connectivity index (χ0v) is 23.0. The summed E-state index contributed by atoms with van der Waals surface area (Å²) in [6.07, 6.45) is 4.41. The lowest BCUT2D eigenvalue weighted by molar-refractivity contribution is 0.0694. The van der Waals surface area contributed by atoms with Crippen LogP contribution in [0.1, 0.15) is 42.1 Å². The van der Waals surface area contributed by atoms with E-state index >= 15 is 4.39 Å². The number of carboxylic acid groups (broad SMARTS) is 1. The molecule has 0 spiro atoms. The molecule has 10 nitrogen and oxygen atoms in total. The number of sulfonamides is 1. The molecule has 1 aromatic heterocycles. The van der Waals surface area contributed by atoms with Gasteiger partial charge in [-0.3, -0.25) is 4.79 Å². The van der Waals surface area contributed by atoms with Gasteiger partial charge in [0.1, 0.15) is 17.0 Å². The summed E-state index contributed by atoms with van der Waals surface area (Å²) >= 11 is 0. The van der Waals surface area contributed by atoms with Gasteiger partial charge >= 0.3 is 5.97 Å². The van der Waals surface area contributed by atoms with E-state index in [1.807, 2.05) is 0 Å². The van der Waals surface area contributed by atoms with Crippen LogP contribution in [0.4, 0.5) is 10.1 Å². The third kappa shape index (κ3) is 4.21. The Labute approximate surface area is 230 Å². The van der Waals surface area contributed by atoms with Crippen molar-refractivity contribution < 1.29 is 32.2 Å². The maximum atomic E-state index is 15.9. The first-order valence-electron chi connectivity index (χ1n) is 13.2. The molecule has 2 aliphatic heterocycles. The normalized spacial score (nSPS) is 21.4. The molecular formula is C28H30FN3O7S. The number of carbonyl (C=O) groups is 1. The zero-order valence-electron chi connectivity index (χ0n) is 22.2. The highest BCUT2D eigenvalue weighted by molar-refractivity contribution is 7.89. The highest BCUT2D eigenvalue weighted by Crippen LogP contribution is 2.46. The Morgan fingerprint density at radius 3 is 2.42 bits per heavy atom. The Morgan fingerprint density at radius 2 is 1.80 bits per heavy atom. The molecule has 0 radical (unpaired) electrons. The van der Waals surface area contributed by atoms with Crippen LogP contribution in [0.3, 0.4) is 0 Å². The third-order valence-electron chi connectivity index (χ3n) is 8.29. The van der Waals surface area contributed by atoms with E-state index in [0.29, 0.717) is 30.8 Å². The van der Waals surface area contributed by atoms with Gasteiger partial charge in [-0.15, -0.1) is 0 Å². The Kier molecular flexibility index (Phi) is 6.49. The quantitative estimate of drug-likeness (QED) is 0.458. The van der Waals surface area contributed by atoms with Crippen LogP contribution in [-0.2, 0) is 10.0 Å². The second-order valence-electron chi connectivity index (χ2n) is 10.6. The molecule has 2 atom stereocenters. The number of carboxylic acids is 1. The Bertz CT molecular complexity index is 1670. The number of pyridine rings is 1. The topological polar surface area (TPSA) is 118 Å². The van der Waals surface area contributed by atoms with Crippen LogP contribution < -0.4 is 19.8 Å². The lowest BCUT2D eigenvalue weighted by Gasteiger charge is -2.35. The Hall–Kier alpha value is -3.64. The predicted octanol–water partition coefficient (Wildman–Crippen LogP) is 3.48. The minimum absolute atomic E-state index is 0.0142. The van der Waals surface area contributed by atoms with Crippen LogP contribution in [0.25, 0.3) is 10.9 Å². The molecule has 0 unspecified atom stereocenters. The van der Waals surface area contributed by atoms with Crippen LogP contribution in [0.2, 0.25) is 0 Å². The molecule has 12 heteroatoms. The SMILES string of the molecule is COc1ccc(S(=O)(=O)N2CCC[C@@H]3CN(c4c(F)cc5c(=O)c(C(=O)O)cn(C6CC6)c5c4OC)C[C@@H]32)cc1. The fourth-order valence-corrected chi connectivity index (χ4v) is 7.94. The van der Waals surface area contributed by atoms with Crippen molar-refractivity contribution in [3.63, 3.8) is 0 Å². The van der Waals surface area contributed by atoms with Crippen LogP contribution in [0, 0.1) is 11.7 Å². The number of rotatable bonds is 7. The molecule has 1 aliphatic carbocycles. The fraction of sp³-hybridized carbons (Fsp3) is 0.429. The van der Waals surface area contributed by atoms with E-state index in [0.717, 1.165) is 25.3 Å². The average molecular weight is 572 g/mol. The highest BCUT2D eigenvalue weighted by atomic mass is 32.2. The largest absolute Gasteiger partial charge is 0.497 e. The number of aromatic carboxylic acids is 1. The molecule has 3 fully saturated rings. The van der Waals surface area contributed by atoms with Gasteiger partial charge in [0.25, 0.3) is 0 Å². The first kappa shape index (κ1) is 26.6. The first-order valence-corrected chi connectivity index (χ1v) is 14.7. The number of benzene rings is 2. The number of hydrogen-bond donors (Lipinski definition) is 1. The summed E-state index contributed by atoms with van der Waals surface area (Å²) in [7, 11) is -0.899. The smallest absolute Gasteiger partial charge is 0.341 e. The van der Waals surface area contributed by atoms with E-state index in [9.17, 15) is 23.1 Å². The van der Waals surface area contributed by atoms with Gasteiger partial charge < -0.3 is 24.0 Å². The molecular weight excluding hydrogens is 541 g/mol. The summed E-state index contributed by atoms with van der Waals surface area (Å²) in [5.41, 5.74) is -0.674. The standard InChI is InChI=1S/C28H30FN3O7S/c1-38-18-7-9-19(10-8-18)40(36,37)32-11-3-4-16-13-30(15-23(16)32)25-22(29)12-20-24(27(25)39-2)31(17-5-6-17)14-21(26(20)33)28(34)35/h7-10,12,14,16-17,23H,3-6,11,13,15H2,1-2H3,(H,34,35)/t16-,23+/m1/s1. The number of anilines is 1. The molecule has 40 heavy (non-hydrogen) atoms. The summed E-state index contributed by atoms with van der Waals surface area (Å²) in [6.45, 7) is 1.03. The second kappa shape index (κ2) is 9.77. The minimum Gasteiger partial charge on any atom is -0.497 e. The minimum atomic E-state index is -3.81. The van der Waals surface area contributed by atoms with Gasteiger partial charge in [-0.2, -0.15) is 4.31 Å². The van der Waals surface area contributed by atoms with Crippen LogP contribution in [-0.4, -0.2) is 68.3 Å². The Balaban J connectivity index is 1.42. The molecule has 6 rings (SSSR count). The van der Waals surface area contributed by atoms with Gasteiger partial charge in [-0.25, -0.2) is 17.6 Å². The number of fused-ring (bicyclic) bond motifs is 2. The van der Waals surface area contributed by atoms with E-state index < -0.39 is 32.8 Å². The lowest BCUT2D eigenvalue weighted by atomic mass is 9.94. The number of methoxy groups -OCH3 is 2. The number of piperidine rings is 1. The van der Waals surface area contributed by atoms with Crippen LogP contribution >= 0.6 is 0 Å². The summed E-state index contributed by atoms with van der Waals surface area (Å²) in [5, 5.41) is 9.54. The number of aromatic nitrogens is 1. The molecule has 1 saturated carbocycles. The summed E-state index contributed by atoms with van der Waals surface area (Å²) < 4.78 is 57.3. The number of hydrogen-bond acceptors (Lipinski definition) is 7. The van der Waals surface area contributed by atoms with E-state index in [-0.39, 0.29) is 46.3 Å². The van der Waals surface area contributed by atoms with Crippen molar-refractivity contribution in [2.45, 2.75) is 42.7 Å². The lowest BCUT2D eigenvalue weighted by Crippen LogP contribution is -2.48. The third-order valence-corrected chi connectivity index (χ3v) is 10.2. The highest BCUT2D eigenvalue weighted by Gasteiger charge is 2.45. The molecule has 3 aliphatic rings. The van der Waals surface area contributed by atoms with Crippen molar-refractivity contribution in [2.24, 2.45) is 5.92 Å². The van der Waals surface area contributed by atoms with Crippen molar-refractivity contribution >= 4 is 32.6 Å². The monoisotopic (exact) mass is 571 g/mol. The average Bonchev–Trinajstić information content (AvgIpc) is 3.70. The molecule has 3 aromatic rings. The van der Waals surface area contributed by atoms with Crippen molar-refractivity contribution in [1.82, 2.24) is 8.87 Å². The zero-order chi connectivity index (χ0) is 28.3. The van der Waals surface area contributed by atoms with Crippen molar-refractivity contribution in [3.05, 3.63) is 58.1 Å². The predicted molar refractivity (Wildman–Crippen MR) is 146 cm³/mol. The van der Waals surface area contributed by atoms with Gasteiger partial charge in [-0.1, -0.05) is 0 Å². The van der Waals surface area contributed by atoms with Crippen molar-refractivity contribution in [3.8, 4) is 11.5 Å². The van der Waals surface area contributed by atoms with E-state index in [2.05, 4.69) is 0 Å². The van der Waals surface area contributed by atoms with Crippen LogP contribution in [0.5, 0.6) is 11.5 Å². The molecule has 2 aromatic carbocycles. The summed E-state index contributed by atoms with van der Waals surface area (Å²) in [6, 6.07) is 6.98. The number of nitrogens with zero attached hydrogens (tertiary/aromatic N) is 3. The van der Waals surface area contributed by atoms with E-state index in [1.165, 1.54) is 36.9 Å². The van der Waals surface area contributed by atoms with E-state index in [1.54, 1.807) is 21.6 Å². The second-order valence-corrected chi connectivity index (χ2v) is 12.5. The van der Waals surface area contributed by atoms with Gasteiger partial charge in [0.15, 0.2) is 11.6 Å². The summed E-state index contributed by atoms with van der Waals surface area (Å²) in [5.74, 6) is -1.40. The maximum Gasteiger partial charge on any atom is 0.341 e. The Morgan fingerprint density at radius 1 is 1.07 bits per heavy atom. The molecule has 3 heterocycles. The maximum absolute atomic E-state index is 15.9. The van der Waals surface area contributed by atoms with Crippen molar-refractivity contribution in [2.75, 3.05) is 38.8 Å². The molecule has 0 bridgehead atoms. The number of halogens is 1.